The zero-order valence-corrected chi connectivity index (χ0v) is 20.5. The predicted molar refractivity (Wildman–Crippen MR) is 135 cm³/mol. The normalized spacial score (nSPS) is 16.6. The van der Waals surface area contributed by atoms with Gasteiger partial charge in [-0.1, -0.05) is 30.0 Å². The lowest BCUT2D eigenvalue weighted by Crippen LogP contribution is -2.19. The summed E-state index contributed by atoms with van der Waals surface area (Å²) in [4.78, 5) is 24.4. The number of halogens is 2. The Morgan fingerprint density at radius 1 is 1.37 bits per heavy atom. The molecule has 0 spiro atoms. The number of likely N-dealkylation sites (N-methyl/N-ethyl adjacent to an activating group) is 1. The van der Waals surface area contributed by atoms with E-state index in [1.807, 2.05) is 38.1 Å². The smallest absolute Gasteiger partial charge is 0.247 e. The first-order chi connectivity index (χ1) is 16.7. The van der Waals surface area contributed by atoms with Crippen molar-refractivity contribution in [2.24, 2.45) is 0 Å². The summed E-state index contributed by atoms with van der Waals surface area (Å²) < 4.78 is 19.6. The number of amides is 1. The molecule has 1 N–H and O–H groups in total. The third-order valence-corrected chi connectivity index (χ3v) is 5.87. The number of anilines is 2. The molecule has 1 saturated heterocycles. The molecule has 2 aromatic carbocycles. The van der Waals surface area contributed by atoms with Crippen LogP contribution in [0.25, 0.3) is 10.9 Å². The van der Waals surface area contributed by atoms with E-state index in [0.717, 1.165) is 6.54 Å². The number of aromatic nitrogens is 2. The minimum atomic E-state index is -0.555. The molecule has 1 aliphatic heterocycles. The second kappa shape index (κ2) is 9.90. The molecular weight excluding hydrogens is 469 g/mol. The fraction of sp³-hybridized carbons (Fsp3) is 0.269. The number of ether oxygens (including phenoxy) is 1. The van der Waals surface area contributed by atoms with E-state index in [1.54, 1.807) is 11.0 Å². The van der Waals surface area contributed by atoms with Gasteiger partial charge in [0.2, 0.25) is 5.91 Å². The summed E-state index contributed by atoms with van der Waals surface area (Å²) in [5.41, 5.74) is 1.33. The molecule has 0 radical (unpaired) electrons. The van der Waals surface area contributed by atoms with Gasteiger partial charge in [-0.15, -0.1) is 0 Å². The average molecular weight is 494 g/mol. The number of benzene rings is 2. The van der Waals surface area contributed by atoms with Crippen LogP contribution >= 0.6 is 11.6 Å². The summed E-state index contributed by atoms with van der Waals surface area (Å²) in [6, 6.07) is 8.03. The Labute approximate surface area is 208 Å². The monoisotopic (exact) mass is 493 g/mol. The first-order valence-corrected chi connectivity index (χ1v) is 11.3. The van der Waals surface area contributed by atoms with Crippen LogP contribution in [0.5, 0.6) is 5.75 Å². The van der Waals surface area contributed by atoms with E-state index in [0.29, 0.717) is 46.9 Å². The Morgan fingerprint density at radius 3 is 2.89 bits per heavy atom. The van der Waals surface area contributed by atoms with Crippen LogP contribution < -0.4 is 10.1 Å². The zero-order chi connectivity index (χ0) is 25.2. The lowest BCUT2D eigenvalue weighted by atomic mass is 10.1. The van der Waals surface area contributed by atoms with Crippen LogP contribution in [0.3, 0.4) is 0 Å². The molecule has 4 rings (SSSR count). The van der Waals surface area contributed by atoms with Crippen LogP contribution in [-0.4, -0.2) is 65.0 Å². The van der Waals surface area contributed by atoms with Crippen molar-refractivity contribution in [3.63, 3.8) is 0 Å². The minimum absolute atomic E-state index is 0.00722. The summed E-state index contributed by atoms with van der Waals surface area (Å²) in [5.74, 6) is 6.84. The minimum Gasteiger partial charge on any atom is -0.491 e. The van der Waals surface area contributed by atoms with Crippen molar-refractivity contribution in [1.29, 1.82) is 0 Å². The van der Waals surface area contributed by atoms with Crippen molar-refractivity contribution in [2.45, 2.75) is 12.5 Å². The Morgan fingerprint density at radius 2 is 2.17 bits per heavy atom. The van der Waals surface area contributed by atoms with Gasteiger partial charge in [-0.25, -0.2) is 14.4 Å². The highest BCUT2D eigenvalue weighted by atomic mass is 35.5. The highest BCUT2D eigenvalue weighted by Gasteiger charge is 2.49. The Kier molecular flexibility index (Phi) is 6.92. The molecular formula is C26H25ClFN5O2. The SMILES string of the molecule is C=CC(=O)N1CC1(C)C#Cc1cc2c(Nc3ccc(F)c(Cl)c3)ncnc2cc1OCCN(C)C. The molecule has 1 fully saturated rings. The summed E-state index contributed by atoms with van der Waals surface area (Å²) in [6.07, 6.45) is 2.73. The third kappa shape index (κ3) is 5.53. The van der Waals surface area contributed by atoms with Crippen LogP contribution in [0.15, 0.2) is 49.3 Å². The molecule has 2 heterocycles. The van der Waals surface area contributed by atoms with E-state index in [1.165, 1.54) is 24.5 Å². The van der Waals surface area contributed by atoms with E-state index in [9.17, 15) is 9.18 Å². The lowest BCUT2D eigenvalue weighted by molar-refractivity contribution is -0.121. The predicted octanol–water partition coefficient (Wildman–Crippen LogP) is 4.24. The van der Waals surface area contributed by atoms with Gasteiger partial charge >= 0.3 is 0 Å². The Hall–Kier alpha value is -3.67. The maximum absolute atomic E-state index is 13.6. The number of hydrogen-bond donors (Lipinski definition) is 1. The molecule has 180 valence electrons. The van der Waals surface area contributed by atoms with Gasteiger partial charge in [0.15, 0.2) is 0 Å². The summed E-state index contributed by atoms with van der Waals surface area (Å²) in [6.45, 7) is 7.18. The van der Waals surface area contributed by atoms with Crippen LogP contribution in [-0.2, 0) is 4.79 Å². The van der Waals surface area contributed by atoms with Crippen LogP contribution in [0, 0.1) is 17.7 Å². The fourth-order valence-corrected chi connectivity index (χ4v) is 3.64. The molecule has 1 unspecified atom stereocenters. The average Bonchev–Trinajstić information content (AvgIpc) is 3.51. The summed E-state index contributed by atoms with van der Waals surface area (Å²) >= 11 is 5.93. The molecule has 1 amide bonds. The standard InChI is InChI=1S/C26H25ClFN5O2/c1-5-24(34)33-15-26(33,2)9-8-17-12-19-22(14-23(17)35-11-10-32(3)4)29-16-30-25(19)31-18-6-7-21(28)20(27)13-18/h5-7,12-14,16H,1,10-11,15H2,2-4H3,(H,29,30,31). The van der Waals surface area contributed by atoms with Gasteiger partial charge in [-0.05, 0) is 51.4 Å². The van der Waals surface area contributed by atoms with Crippen molar-refractivity contribution < 1.29 is 13.9 Å². The Balaban J connectivity index is 1.72. The molecule has 35 heavy (non-hydrogen) atoms. The number of carbonyl (C=O) groups excluding carboxylic acids is 1. The van der Waals surface area contributed by atoms with Crippen molar-refractivity contribution in [3.05, 3.63) is 65.7 Å². The number of rotatable bonds is 7. The van der Waals surface area contributed by atoms with Crippen molar-refractivity contribution in [1.82, 2.24) is 19.8 Å². The molecule has 1 aromatic heterocycles. The number of fused-ring (bicyclic) bond motifs is 1. The molecule has 9 heteroatoms. The highest BCUT2D eigenvalue weighted by molar-refractivity contribution is 6.31. The van der Waals surface area contributed by atoms with E-state index < -0.39 is 11.4 Å². The number of nitrogens with zero attached hydrogens (tertiary/aromatic N) is 4. The second-order valence-corrected chi connectivity index (χ2v) is 9.05. The first kappa shape index (κ1) is 24.5. The van der Waals surface area contributed by atoms with Gasteiger partial charge in [0.1, 0.15) is 35.9 Å². The molecule has 3 aromatic rings. The maximum atomic E-state index is 13.6. The summed E-state index contributed by atoms with van der Waals surface area (Å²) in [5, 5.41) is 3.89. The van der Waals surface area contributed by atoms with Crippen molar-refractivity contribution in [3.8, 4) is 17.6 Å². The van der Waals surface area contributed by atoms with Crippen LogP contribution in [0.1, 0.15) is 12.5 Å². The van der Waals surface area contributed by atoms with E-state index >= 15 is 0 Å². The first-order valence-electron chi connectivity index (χ1n) is 11.0. The van der Waals surface area contributed by atoms with Gasteiger partial charge in [0.05, 0.1) is 22.6 Å². The lowest BCUT2D eigenvalue weighted by Gasteiger charge is -2.14. The van der Waals surface area contributed by atoms with E-state index in [4.69, 9.17) is 16.3 Å². The molecule has 0 bridgehead atoms. The van der Waals surface area contributed by atoms with Gasteiger partial charge in [0, 0.05) is 23.7 Å². The summed E-state index contributed by atoms with van der Waals surface area (Å²) in [7, 11) is 3.94. The topological polar surface area (TPSA) is 70.4 Å². The highest BCUT2D eigenvalue weighted by Crippen LogP contribution is 2.33. The van der Waals surface area contributed by atoms with E-state index in [-0.39, 0.29) is 10.9 Å². The third-order valence-electron chi connectivity index (χ3n) is 5.58. The molecule has 1 atom stereocenters. The van der Waals surface area contributed by atoms with E-state index in [2.05, 4.69) is 33.7 Å². The quantitative estimate of drug-likeness (QED) is 0.301. The second-order valence-electron chi connectivity index (χ2n) is 8.65. The molecule has 0 aliphatic carbocycles. The molecule has 7 nitrogen and oxygen atoms in total. The van der Waals surface area contributed by atoms with Gasteiger partial charge < -0.3 is 19.9 Å². The van der Waals surface area contributed by atoms with Gasteiger partial charge in [-0.2, -0.15) is 0 Å². The zero-order valence-electron chi connectivity index (χ0n) is 19.7. The number of hydrogen-bond acceptors (Lipinski definition) is 6. The number of carbonyl (C=O) groups is 1. The van der Waals surface area contributed by atoms with Crippen LogP contribution in [0.2, 0.25) is 5.02 Å². The van der Waals surface area contributed by atoms with Gasteiger partial charge in [-0.3, -0.25) is 4.79 Å². The molecule has 0 saturated carbocycles. The van der Waals surface area contributed by atoms with Gasteiger partial charge in [0.25, 0.3) is 0 Å². The van der Waals surface area contributed by atoms with Crippen molar-refractivity contribution in [2.75, 3.05) is 39.1 Å². The fourth-order valence-electron chi connectivity index (χ4n) is 3.46. The van der Waals surface area contributed by atoms with Crippen LogP contribution in [0.4, 0.5) is 15.9 Å². The Bertz CT molecular complexity index is 1370. The largest absolute Gasteiger partial charge is 0.491 e. The number of nitrogens with one attached hydrogen (secondary N) is 1. The van der Waals surface area contributed by atoms with Crippen molar-refractivity contribution >= 4 is 39.9 Å². The maximum Gasteiger partial charge on any atom is 0.247 e. The molecule has 1 aliphatic rings.